The van der Waals surface area contributed by atoms with Crippen LogP contribution in [0.4, 0.5) is 11.8 Å². The molecule has 0 unspecified atom stereocenters. The average molecular weight is 236 g/mol. The minimum atomic E-state index is 0.692. The van der Waals surface area contributed by atoms with Crippen LogP contribution >= 0.6 is 11.3 Å². The molecule has 0 saturated heterocycles. The van der Waals surface area contributed by atoms with E-state index in [1.54, 1.807) is 11.3 Å². The van der Waals surface area contributed by atoms with Gasteiger partial charge in [-0.3, -0.25) is 0 Å². The van der Waals surface area contributed by atoms with Crippen molar-refractivity contribution in [2.45, 2.75) is 13.8 Å². The third kappa shape index (κ3) is 1.82. The predicted molar refractivity (Wildman–Crippen MR) is 70.5 cm³/mol. The molecule has 0 aliphatic carbocycles. The van der Waals surface area contributed by atoms with E-state index in [0.717, 1.165) is 29.1 Å². The first-order valence-corrected chi connectivity index (χ1v) is 6.36. The van der Waals surface area contributed by atoms with Crippen LogP contribution < -0.4 is 10.2 Å². The number of hydrogen-bond donors (Lipinski definition) is 1. The molecule has 0 aromatic carbocycles. The van der Waals surface area contributed by atoms with Gasteiger partial charge in [0.2, 0.25) is 5.95 Å². The van der Waals surface area contributed by atoms with Crippen molar-refractivity contribution >= 4 is 33.3 Å². The maximum atomic E-state index is 4.54. The first-order chi connectivity index (χ1) is 7.80. The Morgan fingerprint density at radius 3 is 2.69 bits per heavy atom. The number of thiophene rings is 1. The van der Waals surface area contributed by atoms with Crippen molar-refractivity contribution in [3.05, 3.63) is 11.4 Å². The van der Waals surface area contributed by atoms with Gasteiger partial charge in [0.05, 0.1) is 5.39 Å². The summed E-state index contributed by atoms with van der Waals surface area (Å²) in [6.07, 6.45) is 0. The Kier molecular flexibility index (Phi) is 3.24. The maximum Gasteiger partial charge on any atom is 0.225 e. The van der Waals surface area contributed by atoms with Crippen molar-refractivity contribution in [2.24, 2.45) is 0 Å². The van der Waals surface area contributed by atoms with Crippen molar-refractivity contribution in [3.63, 3.8) is 0 Å². The molecule has 2 heterocycles. The van der Waals surface area contributed by atoms with Gasteiger partial charge in [-0.05, 0) is 25.3 Å². The van der Waals surface area contributed by atoms with Crippen molar-refractivity contribution in [3.8, 4) is 0 Å². The molecule has 4 nitrogen and oxygen atoms in total. The number of rotatable bonds is 4. The molecular weight excluding hydrogens is 220 g/mol. The van der Waals surface area contributed by atoms with Gasteiger partial charge in [0.15, 0.2) is 0 Å². The lowest BCUT2D eigenvalue weighted by molar-refractivity contribution is 0.850. The van der Waals surface area contributed by atoms with Crippen LogP contribution in [0.3, 0.4) is 0 Å². The van der Waals surface area contributed by atoms with Gasteiger partial charge in [-0.2, -0.15) is 4.98 Å². The monoisotopic (exact) mass is 236 g/mol. The predicted octanol–water partition coefficient (Wildman–Crippen LogP) is 2.58. The minimum Gasteiger partial charge on any atom is -0.357 e. The topological polar surface area (TPSA) is 41.1 Å². The molecule has 0 fully saturated rings. The van der Waals surface area contributed by atoms with E-state index in [0.29, 0.717) is 5.95 Å². The molecule has 0 radical (unpaired) electrons. The SMILES string of the molecule is CCN(CC)c1nc(NC)nc2sccc12. The van der Waals surface area contributed by atoms with Gasteiger partial charge >= 0.3 is 0 Å². The summed E-state index contributed by atoms with van der Waals surface area (Å²) in [7, 11) is 1.85. The van der Waals surface area contributed by atoms with E-state index in [4.69, 9.17) is 0 Å². The smallest absolute Gasteiger partial charge is 0.225 e. The summed E-state index contributed by atoms with van der Waals surface area (Å²) in [6, 6.07) is 2.09. The lowest BCUT2D eigenvalue weighted by atomic mass is 10.3. The molecule has 0 aliphatic heterocycles. The van der Waals surface area contributed by atoms with Crippen LogP contribution in [0.25, 0.3) is 10.2 Å². The Bertz CT molecular complexity index is 476. The van der Waals surface area contributed by atoms with Gasteiger partial charge in [-0.1, -0.05) is 0 Å². The van der Waals surface area contributed by atoms with E-state index < -0.39 is 0 Å². The highest BCUT2D eigenvalue weighted by Gasteiger charge is 2.12. The summed E-state index contributed by atoms with van der Waals surface area (Å²) in [5.41, 5.74) is 0. The Morgan fingerprint density at radius 2 is 2.06 bits per heavy atom. The van der Waals surface area contributed by atoms with Gasteiger partial charge in [0, 0.05) is 20.1 Å². The minimum absolute atomic E-state index is 0.692. The summed E-state index contributed by atoms with van der Waals surface area (Å²) >= 11 is 1.65. The molecule has 0 atom stereocenters. The summed E-state index contributed by atoms with van der Waals surface area (Å²) in [5, 5.41) is 6.22. The van der Waals surface area contributed by atoms with E-state index in [-0.39, 0.29) is 0 Å². The molecular formula is C11H16N4S. The highest BCUT2D eigenvalue weighted by molar-refractivity contribution is 7.16. The van der Waals surface area contributed by atoms with Crippen LogP contribution in [0, 0.1) is 0 Å². The van der Waals surface area contributed by atoms with E-state index in [1.807, 2.05) is 7.05 Å². The fourth-order valence-corrected chi connectivity index (χ4v) is 2.47. The zero-order valence-electron chi connectivity index (χ0n) is 9.82. The maximum absolute atomic E-state index is 4.54. The zero-order chi connectivity index (χ0) is 11.5. The molecule has 0 bridgehead atoms. The number of nitrogens with zero attached hydrogens (tertiary/aromatic N) is 3. The molecule has 1 N–H and O–H groups in total. The summed E-state index contributed by atoms with van der Waals surface area (Å²) in [5.74, 6) is 1.72. The van der Waals surface area contributed by atoms with Crippen molar-refractivity contribution in [2.75, 3.05) is 30.4 Å². The lowest BCUT2D eigenvalue weighted by Crippen LogP contribution is -2.23. The first-order valence-electron chi connectivity index (χ1n) is 5.48. The lowest BCUT2D eigenvalue weighted by Gasteiger charge is -2.20. The first kappa shape index (κ1) is 11.1. The number of fused-ring (bicyclic) bond motifs is 1. The van der Waals surface area contributed by atoms with Crippen LogP contribution in [0.2, 0.25) is 0 Å². The Labute approximate surface area is 99.3 Å². The quantitative estimate of drug-likeness (QED) is 0.886. The fourth-order valence-electron chi connectivity index (χ4n) is 1.72. The van der Waals surface area contributed by atoms with Gasteiger partial charge in [-0.25, -0.2) is 4.98 Å². The van der Waals surface area contributed by atoms with Gasteiger partial charge in [0.25, 0.3) is 0 Å². The van der Waals surface area contributed by atoms with E-state index in [1.165, 1.54) is 0 Å². The highest BCUT2D eigenvalue weighted by atomic mass is 32.1. The van der Waals surface area contributed by atoms with Crippen molar-refractivity contribution in [1.29, 1.82) is 0 Å². The molecule has 16 heavy (non-hydrogen) atoms. The second kappa shape index (κ2) is 4.65. The van der Waals surface area contributed by atoms with Crippen molar-refractivity contribution in [1.82, 2.24) is 9.97 Å². The molecule has 2 rings (SSSR count). The Hall–Kier alpha value is -1.36. The van der Waals surface area contributed by atoms with E-state index >= 15 is 0 Å². The van der Waals surface area contributed by atoms with Gasteiger partial charge < -0.3 is 10.2 Å². The number of anilines is 2. The van der Waals surface area contributed by atoms with Gasteiger partial charge in [0.1, 0.15) is 10.6 Å². The zero-order valence-corrected chi connectivity index (χ0v) is 10.6. The molecule has 0 aliphatic rings. The second-order valence-electron chi connectivity index (χ2n) is 3.43. The van der Waals surface area contributed by atoms with Crippen LogP contribution in [0.15, 0.2) is 11.4 Å². The normalized spacial score (nSPS) is 10.7. The highest BCUT2D eigenvalue weighted by Crippen LogP contribution is 2.28. The standard InChI is InChI=1S/C11H16N4S/c1-4-15(5-2)9-8-6-7-16-10(8)14-11(12-3)13-9/h6-7H,4-5H2,1-3H3,(H,12,13,14). The van der Waals surface area contributed by atoms with Crippen LogP contribution in [0.1, 0.15) is 13.8 Å². The summed E-state index contributed by atoms with van der Waals surface area (Å²) in [4.78, 5) is 12.3. The number of nitrogens with one attached hydrogen (secondary N) is 1. The largest absolute Gasteiger partial charge is 0.357 e. The third-order valence-electron chi connectivity index (χ3n) is 2.59. The summed E-state index contributed by atoms with van der Waals surface area (Å²) in [6.45, 7) is 6.20. The molecule has 2 aromatic rings. The molecule has 0 amide bonds. The summed E-state index contributed by atoms with van der Waals surface area (Å²) < 4.78 is 0. The van der Waals surface area contributed by atoms with E-state index in [9.17, 15) is 0 Å². The molecule has 0 spiro atoms. The molecule has 2 aromatic heterocycles. The molecule has 5 heteroatoms. The average Bonchev–Trinajstić information content (AvgIpc) is 2.78. The number of hydrogen-bond acceptors (Lipinski definition) is 5. The molecule has 0 saturated carbocycles. The third-order valence-corrected chi connectivity index (χ3v) is 3.40. The van der Waals surface area contributed by atoms with Crippen LogP contribution in [0.5, 0.6) is 0 Å². The fraction of sp³-hybridized carbons (Fsp3) is 0.455. The van der Waals surface area contributed by atoms with Crippen LogP contribution in [-0.4, -0.2) is 30.1 Å². The van der Waals surface area contributed by atoms with Gasteiger partial charge in [-0.15, -0.1) is 11.3 Å². The van der Waals surface area contributed by atoms with E-state index in [2.05, 4.69) is 45.5 Å². The number of aromatic nitrogens is 2. The molecule has 86 valence electrons. The Morgan fingerprint density at radius 1 is 1.31 bits per heavy atom. The Balaban J connectivity index is 2.60. The van der Waals surface area contributed by atoms with Crippen LogP contribution in [-0.2, 0) is 0 Å². The van der Waals surface area contributed by atoms with Crippen molar-refractivity contribution < 1.29 is 0 Å². The second-order valence-corrected chi connectivity index (χ2v) is 4.33.